The Morgan fingerprint density at radius 1 is 1.21 bits per heavy atom. The van der Waals surface area contributed by atoms with Gasteiger partial charge in [-0.25, -0.2) is 0 Å². The maximum atomic E-state index is 6.29. The van der Waals surface area contributed by atoms with Crippen LogP contribution in [-0.4, -0.2) is 26.8 Å². The largest absolute Gasteiger partial charge is 0.338 e. The third-order valence-corrected chi connectivity index (χ3v) is 6.48. The van der Waals surface area contributed by atoms with Gasteiger partial charge in [-0.15, -0.1) is 0 Å². The quantitative estimate of drug-likeness (QED) is 0.719. The Morgan fingerprint density at radius 2 is 2.08 bits per heavy atom. The first-order chi connectivity index (χ1) is 11.7. The van der Waals surface area contributed by atoms with Crippen LogP contribution in [0.15, 0.2) is 47.6 Å². The minimum absolute atomic E-state index is 0.0136. The Bertz CT molecular complexity index is 781. The summed E-state index contributed by atoms with van der Waals surface area (Å²) in [6, 6.07) is 12.5. The molecule has 0 bridgehead atoms. The van der Waals surface area contributed by atoms with E-state index in [9.17, 15) is 0 Å². The predicted octanol–water partition coefficient (Wildman–Crippen LogP) is 5.37. The van der Waals surface area contributed by atoms with Gasteiger partial charge in [-0.05, 0) is 36.2 Å². The molecule has 3 atom stereocenters. The number of hydrogen-bond acceptors (Lipinski definition) is 4. The molecule has 0 aliphatic carbocycles. The lowest BCUT2D eigenvalue weighted by atomic mass is 9.95. The second kappa shape index (κ2) is 6.58. The van der Waals surface area contributed by atoms with Crippen molar-refractivity contribution in [1.82, 2.24) is 9.88 Å². The van der Waals surface area contributed by atoms with Crippen molar-refractivity contribution in [3.8, 4) is 0 Å². The highest BCUT2D eigenvalue weighted by atomic mass is 35.5. The molecule has 1 fully saturated rings. The van der Waals surface area contributed by atoms with Crippen LogP contribution in [0.2, 0.25) is 10.0 Å². The number of benzene rings is 1. The first-order valence-electron chi connectivity index (χ1n) is 8.04. The molecule has 1 aromatic heterocycles. The third kappa shape index (κ3) is 2.71. The summed E-state index contributed by atoms with van der Waals surface area (Å²) in [4.78, 5) is 12.0. The lowest BCUT2D eigenvalue weighted by Gasteiger charge is -2.32. The molecule has 0 saturated carbocycles. The smallest absolute Gasteiger partial charge is 0.160 e. The van der Waals surface area contributed by atoms with Crippen molar-refractivity contribution >= 4 is 40.1 Å². The molecule has 1 aromatic carbocycles. The van der Waals surface area contributed by atoms with Gasteiger partial charge in [0.1, 0.15) is 6.04 Å². The van der Waals surface area contributed by atoms with E-state index < -0.39 is 0 Å². The van der Waals surface area contributed by atoms with Crippen molar-refractivity contribution in [2.75, 3.05) is 5.75 Å². The standard InChI is InChI=1S/C18H17Cl2N3S/c1-2-12-10-24-18-22-16(15-5-3-4-8-21-15)17(23(12)18)11-6-7-13(19)14(20)9-11/h3-9,12,16-17H,2,10H2,1H3/t12-,16+,17+/m0/s1. The van der Waals surface area contributed by atoms with Gasteiger partial charge in [0.05, 0.1) is 21.8 Å². The second-order valence-corrected chi connectivity index (χ2v) is 7.81. The summed E-state index contributed by atoms with van der Waals surface area (Å²) in [6.07, 6.45) is 2.92. The lowest BCUT2D eigenvalue weighted by molar-refractivity contribution is 0.255. The molecule has 3 heterocycles. The second-order valence-electron chi connectivity index (χ2n) is 6.01. The molecule has 4 rings (SSSR count). The molecule has 2 aromatic rings. The van der Waals surface area contributed by atoms with Crippen LogP contribution in [-0.2, 0) is 0 Å². The normalized spacial score (nSPS) is 25.7. The molecule has 2 aliphatic heterocycles. The van der Waals surface area contributed by atoms with Crippen LogP contribution in [0.25, 0.3) is 0 Å². The molecule has 1 saturated heterocycles. The van der Waals surface area contributed by atoms with E-state index in [2.05, 4.69) is 22.9 Å². The van der Waals surface area contributed by atoms with E-state index in [0.29, 0.717) is 16.1 Å². The van der Waals surface area contributed by atoms with E-state index in [0.717, 1.165) is 28.6 Å². The summed E-state index contributed by atoms with van der Waals surface area (Å²) in [5, 5.41) is 2.28. The highest BCUT2D eigenvalue weighted by Crippen LogP contribution is 2.49. The number of rotatable bonds is 3. The number of amidine groups is 1. The van der Waals surface area contributed by atoms with Gasteiger partial charge in [0.15, 0.2) is 5.17 Å². The number of aromatic nitrogens is 1. The van der Waals surface area contributed by atoms with E-state index in [-0.39, 0.29) is 12.1 Å². The molecule has 24 heavy (non-hydrogen) atoms. The van der Waals surface area contributed by atoms with Gasteiger partial charge in [-0.1, -0.05) is 54.0 Å². The average molecular weight is 378 g/mol. The van der Waals surface area contributed by atoms with Crippen molar-refractivity contribution < 1.29 is 0 Å². The SMILES string of the molecule is CC[C@H]1CSC2=N[C@H](c3ccccn3)[C@@H](c3ccc(Cl)c(Cl)c3)N21. The van der Waals surface area contributed by atoms with Gasteiger partial charge < -0.3 is 4.90 Å². The van der Waals surface area contributed by atoms with Crippen molar-refractivity contribution in [2.45, 2.75) is 31.5 Å². The summed E-state index contributed by atoms with van der Waals surface area (Å²) in [7, 11) is 0. The Morgan fingerprint density at radius 3 is 2.79 bits per heavy atom. The number of pyridine rings is 1. The van der Waals surface area contributed by atoms with Crippen LogP contribution < -0.4 is 0 Å². The van der Waals surface area contributed by atoms with Crippen LogP contribution in [0.3, 0.4) is 0 Å². The van der Waals surface area contributed by atoms with Gasteiger partial charge in [0.2, 0.25) is 0 Å². The summed E-state index contributed by atoms with van der Waals surface area (Å²) in [5.74, 6) is 1.09. The molecule has 6 heteroatoms. The number of nitrogens with zero attached hydrogens (tertiary/aromatic N) is 3. The minimum atomic E-state index is -0.0136. The number of halogens is 2. The van der Waals surface area contributed by atoms with Gasteiger partial charge in [-0.3, -0.25) is 9.98 Å². The topological polar surface area (TPSA) is 28.5 Å². The Balaban J connectivity index is 1.80. The van der Waals surface area contributed by atoms with E-state index in [4.69, 9.17) is 28.2 Å². The first kappa shape index (κ1) is 16.2. The van der Waals surface area contributed by atoms with Crippen molar-refractivity contribution in [3.05, 3.63) is 63.9 Å². The maximum absolute atomic E-state index is 6.29. The van der Waals surface area contributed by atoms with Crippen LogP contribution in [0.1, 0.15) is 36.7 Å². The number of hydrogen-bond donors (Lipinski definition) is 0. The monoisotopic (exact) mass is 377 g/mol. The molecule has 0 amide bonds. The molecule has 0 N–H and O–H groups in total. The van der Waals surface area contributed by atoms with Crippen molar-refractivity contribution in [3.63, 3.8) is 0 Å². The van der Waals surface area contributed by atoms with Crippen LogP contribution in [0, 0.1) is 0 Å². The highest BCUT2D eigenvalue weighted by molar-refractivity contribution is 8.14. The fourth-order valence-corrected chi connectivity index (χ4v) is 5.05. The zero-order chi connectivity index (χ0) is 16.7. The molecular weight excluding hydrogens is 361 g/mol. The fraction of sp³-hybridized carbons (Fsp3) is 0.333. The van der Waals surface area contributed by atoms with E-state index in [1.54, 1.807) is 0 Å². The zero-order valence-electron chi connectivity index (χ0n) is 13.2. The van der Waals surface area contributed by atoms with Crippen molar-refractivity contribution in [2.24, 2.45) is 4.99 Å². The molecule has 0 unspecified atom stereocenters. The van der Waals surface area contributed by atoms with Crippen molar-refractivity contribution in [1.29, 1.82) is 0 Å². The first-order valence-corrected chi connectivity index (χ1v) is 9.78. The van der Waals surface area contributed by atoms with Gasteiger partial charge in [-0.2, -0.15) is 0 Å². The average Bonchev–Trinajstić information content (AvgIpc) is 3.17. The van der Waals surface area contributed by atoms with Crippen LogP contribution in [0.4, 0.5) is 0 Å². The van der Waals surface area contributed by atoms with Crippen LogP contribution >= 0.6 is 35.0 Å². The highest BCUT2D eigenvalue weighted by Gasteiger charge is 2.45. The van der Waals surface area contributed by atoms with Gasteiger partial charge in [0.25, 0.3) is 0 Å². The maximum Gasteiger partial charge on any atom is 0.160 e. The summed E-state index contributed by atoms with van der Waals surface area (Å²) >= 11 is 14.2. The van der Waals surface area contributed by atoms with E-state index in [1.807, 2.05) is 48.3 Å². The lowest BCUT2D eigenvalue weighted by Crippen LogP contribution is -2.35. The molecule has 124 valence electrons. The van der Waals surface area contributed by atoms with E-state index in [1.165, 1.54) is 0 Å². The summed E-state index contributed by atoms with van der Waals surface area (Å²) in [5.41, 5.74) is 2.13. The number of aliphatic imine (C=N–C) groups is 1. The molecule has 0 spiro atoms. The van der Waals surface area contributed by atoms with Gasteiger partial charge in [0, 0.05) is 18.0 Å². The number of fused-ring (bicyclic) bond motifs is 1. The van der Waals surface area contributed by atoms with Crippen LogP contribution in [0.5, 0.6) is 0 Å². The summed E-state index contributed by atoms with van der Waals surface area (Å²) < 4.78 is 0. The number of thioether (sulfide) groups is 1. The molecule has 3 nitrogen and oxygen atoms in total. The predicted molar refractivity (Wildman–Crippen MR) is 102 cm³/mol. The molecular formula is C18H17Cl2N3S. The Hall–Kier alpha value is -1.23. The van der Waals surface area contributed by atoms with Gasteiger partial charge >= 0.3 is 0 Å². The zero-order valence-corrected chi connectivity index (χ0v) is 15.5. The molecule has 2 aliphatic rings. The fourth-order valence-electron chi connectivity index (χ4n) is 3.41. The summed E-state index contributed by atoms with van der Waals surface area (Å²) in [6.45, 7) is 2.23. The minimum Gasteiger partial charge on any atom is -0.338 e. The Labute approximate surface area is 156 Å². The Kier molecular flexibility index (Phi) is 4.46. The third-order valence-electron chi connectivity index (χ3n) is 4.61. The van der Waals surface area contributed by atoms with E-state index >= 15 is 0 Å². The molecule has 0 radical (unpaired) electrons.